The van der Waals surface area contributed by atoms with Gasteiger partial charge in [0.05, 0.1) is 33.8 Å². The van der Waals surface area contributed by atoms with E-state index < -0.39 is 5.97 Å². The number of aromatic nitrogens is 2. The van der Waals surface area contributed by atoms with Crippen molar-refractivity contribution in [2.45, 2.75) is 39.7 Å². The second kappa shape index (κ2) is 13.0. The fourth-order valence-corrected chi connectivity index (χ4v) is 4.83. The predicted molar refractivity (Wildman–Crippen MR) is 158 cm³/mol. The Hall–Kier alpha value is -3.50. The first kappa shape index (κ1) is 28.5. The predicted octanol–water partition coefficient (Wildman–Crippen LogP) is 6.82. The third kappa shape index (κ3) is 6.93. The van der Waals surface area contributed by atoms with Gasteiger partial charge in [0.1, 0.15) is 12.4 Å². The summed E-state index contributed by atoms with van der Waals surface area (Å²) in [5, 5.41) is 14.1. The van der Waals surface area contributed by atoms with Gasteiger partial charge in [-0.3, -0.25) is 4.79 Å². The molecule has 0 bridgehead atoms. The molecule has 0 spiro atoms. The van der Waals surface area contributed by atoms with E-state index in [1.165, 1.54) is 16.8 Å². The number of carbonyl (C=O) groups is 1. The number of unbranched alkanes of at least 4 members (excludes halogenated alkanes) is 1. The van der Waals surface area contributed by atoms with E-state index in [9.17, 15) is 9.59 Å². The topological polar surface area (TPSA) is 103 Å². The molecular weight excluding hydrogens is 630 g/mol. The molecule has 4 aromatic rings. The largest absolute Gasteiger partial charge is 0.490 e. The first-order valence-corrected chi connectivity index (χ1v) is 14.1. The Bertz CT molecular complexity index is 1580. The van der Waals surface area contributed by atoms with Crippen molar-refractivity contribution in [2.75, 3.05) is 6.61 Å². The fraction of sp³-hybridized carbons (Fsp3) is 0.241. The minimum atomic E-state index is -0.979. The van der Waals surface area contributed by atoms with Crippen LogP contribution >= 0.6 is 31.9 Å². The van der Waals surface area contributed by atoms with E-state index in [0.717, 1.165) is 22.9 Å². The number of hydrogen-bond acceptors (Lipinski definition) is 6. The van der Waals surface area contributed by atoms with Crippen molar-refractivity contribution >= 4 is 54.9 Å². The van der Waals surface area contributed by atoms with Crippen LogP contribution in [0.1, 0.15) is 54.0 Å². The van der Waals surface area contributed by atoms with E-state index in [-0.39, 0.29) is 17.7 Å². The highest BCUT2D eigenvalue weighted by Crippen LogP contribution is 2.37. The zero-order valence-electron chi connectivity index (χ0n) is 21.5. The molecule has 3 aromatic carbocycles. The van der Waals surface area contributed by atoms with Crippen molar-refractivity contribution in [1.82, 2.24) is 9.66 Å². The second-order valence-corrected chi connectivity index (χ2v) is 10.5. The highest BCUT2D eigenvalue weighted by atomic mass is 79.9. The summed E-state index contributed by atoms with van der Waals surface area (Å²) in [5.41, 5.74) is 2.13. The van der Waals surface area contributed by atoms with Crippen molar-refractivity contribution < 1.29 is 19.4 Å². The SMILES string of the molecule is CCCCc1nc2ccc(Br)cc2c(=O)n1N=Cc1cc(Br)c(OCc2ccc(C(=O)O)cc2)c(OCC)c1. The number of aryl methyl sites for hydroxylation is 1. The molecular formula is C29H27Br2N3O5. The molecule has 0 atom stereocenters. The lowest BCUT2D eigenvalue weighted by atomic mass is 10.1. The molecule has 0 aliphatic heterocycles. The monoisotopic (exact) mass is 655 g/mol. The molecule has 1 heterocycles. The number of fused-ring (bicyclic) bond motifs is 1. The van der Waals surface area contributed by atoms with Crippen molar-refractivity contribution in [3.05, 3.63) is 96.4 Å². The van der Waals surface area contributed by atoms with Crippen LogP contribution in [0.2, 0.25) is 0 Å². The van der Waals surface area contributed by atoms with Gasteiger partial charge in [0, 0.05) is 10.9 Å². The van der Waals surface area contributed by atoms with Crippen LogP contribution in [0, 0.1) is 0 Å². The summed E-state index contributed by atoms with van der Waals surface area (Å²) in [6.07, 6.45) is 4.08. The van der Waals surface area contributed by atoms with E-state index >= 15 is 0 Å². The van der Waals surface area contributed by atoms with Crippen LogP contribution in [0.3, 0.4) is 0 Å². The molecule has 4 rings (SSSR count). The summed E-state index contributed by atoms with van der Waals surface area (Å²) in [6.45, 7) is 4.61. The summed E-state index contributed by atoms with van der Waals surface area (Å²) in [5.74, 6) is 0.642. The van der Waals surface area contributed by atoms with Gasteiger partial charge in [-0.2, -0.15) is 9.78 Å². The summed E-state index contributed by atoms with van der Waals surface area (Å²) < 4.78 is 14.7. The van der Waals surface area contributed by atoms with Crippen LogP contribution in [0.15, 0.2) is 73.4 Å². The van der Waals surface area contributed by atoms with E-state index in [4.69, 9.17) is 19.6 Å². The standard InChI is InChI=1S/C29H27Br2N3O5/c1-3-5-6-26-33-24-12-11-21(30)15-22(24)28(35)34(26)32-16-19-13-23(31)27(25(14-19)38-4-2)39-17-18-7-9-20(10-8-18)29(36)37/h7-16H,3-6,17H2,1-2H3,(H,36,37). The van der Waals surface area contributed by atoms with Crippen LogP contribution in [0.4, 0.5) is 0 Å². The number of nitrogens with zero attached hydrogens (tertiary/aromatic N) is 3. The Kier molecular flexibility index (Phi) is 9.53. The third-order valence-electron chi connectivity index (χ3n) is 5.87. The minimum Gasteiger partial charge on any atom is -0.490 e. The average Bonchev–Trinajstić information content (AvgIpc) is 2.92. The van der Waals surface area contributed by atoms with Gasteiger partial charge in [0.15, 0.2) is 11.5 Å². The summed E-state index contributed by atoms with van der Waals surface area (Å²) in [4.78, 5) is 29.2. The molecule has 39 heavy (non-hydrogen) atoms. The third-order valence-corrected chi connectivity index (χ3v) is 6.95. The highest BCUT2D eigenvalue weighted by Gasteiger charge is 2.14. The summed E-state index contributed by atoms with van der Waals surface area (Å²) >= 11 is 7.00. The molecule has 1 aromatic heterocycles. The summed E-state index contributed by atoms with van der Waals surface area (Å²) in [7, 11) is 0. The molecule has 202 valence electrons. The lowest BCUT2D eigenvalue weighted by Gasteiger charge is -2.15. The number of hydrogen-bond donors (Lipinski definition) is 1. The van der Waals surface area contributed by atoms with Crippen LogP contribution in [-0.4, -0.2) is 33.6 Å². The lowest BCUT2D eigenvalue weighted by Crippen LogP contribution is -2.22. The van der Waals surface area contributed by atoms with Gasteiger partial charge >= 0.3 is 5.97 Å². The number of aromatic carboxylic acids is 1. The fourth-order valence-electron chi connectivity index (χ4n) is 3.90. The Labute approximate surface area is 242 Å². The maximum atomic E-state index is 13.4. The number of carboxylic acid groups (broad SMARTS) is 1. The highest BCUT2D eigenvalue weighted by molar-refractivity contribution is 9.10. The van der Waals surface area contributed by atoms with Gasteiger partial charge in [0.2, 0.25) is 0 Å². The molecule has 0 amide bonds. The maximum Gasteiger partial charge on any atom is 0.335 e. The van der Waals surface area contributed by atoms with E-state index in [2.05, 4.69) is 43.9 Å². The van der Waals surface area contributed by atoms with Crippen molar-refractivity contribution in [3.8, 4) is 11.5 Å². The number of halogens is 2. The number of rotatable bonds is 11. The van der Waals surface area contributed by atoms with E-state index in [0.29, 0.717) is 51.3 Å². The zero-order valence-corrected chi connectivity index (χ0v) is 24.7. The molecule has 0 radical (unpaired) electrons. The summed E-state index contributed by atoms with van der Waals surface area (Å²) in [6, 6.07) is 15.6. The van der Waals surface area contributed by atoms with Gasteiger partial charge in [-0.1, -0.05) is 41.4 Å². The Morgan fingerprint density at radius 3 is 2.54 bits per heavy atom. The molecule has 0 saturated carbocycles. The van der Waals surface area contributed by atoms with Crippen LogP contribution in [0.5, 0.6) is 11.5 Å². The zero-order chi connectivity index (χ0) is 27.9. The Morgan fingerprint density at radius 2 is 1.85 bits per heavy atom. The number of ether oxygens (including phenoxy) is 2. The maximum absolute atomic E-state index is 13.4. The first-order valence-electron chi connectivity index (χ1n) is 12.5. The first-order chi connectivity index (χ1) is 18.8. The quantitative estimate of drug-likeness (QED) is 0.178. The van der Waals surface area contributed by atoms with Crippen molar-refractivity contribution in [1.29, 1.82) is 0 Å². The Balaban J connectivity index is 1.65. The van der Waals surface area contributed by atoms with E-state index in [1.54, 1.807) is 30.5 Å². The van der Waals surface area contributed by atoms with Gasteiger partial charge in [0.25, 0.3) is 5.56 Å². The van der Waals surface area contributed by atoms with E-state index in [1.807, 2.05) is 25.1 Å². The molecule has 0 saturated heterocycles. The second-order valence-electron chi connectivity index (χ2n) is 8.71. The normalized spacial score (nSPS) is 11.3. The molecule has 10 heteroatoms. The molecule has 1 N–H and O–H groups in total. The average molecular weight is 657 g/mol. The molecule has 0 aliphatic rings. The lowest BCUT2D eigenvalue weighted by molar-refractivity contribution is 0.0697. The van der Waals surface area contributed by atoms with Crippen LogP contribution in [-0.2, 0) is 13.0 Å². The molecule has 0 aliphatic carbocycles. The number of benzene rings is 3. The van der Waals surface area contributed by atoms with Gasteiger partial charge in [-0.05, 0) is 82.9 Å². The molecule has 0 unspecified atom stereocenters. The van der Waals surface area contributed by atoms with Gasteiger partial charge in [-0.25, -0.2) is 9.78 Å². The van der Waals surface area contributed by atoms with Crippen molar-refractivity contribution in [2.24, 2.45) is 5.10 Å². The molecule has 0 fully saturated rings. The van der Waals surface area contributed by atoms with Crippen molar-refractivity contribution in [3.63, 3.8) is 0 Å². The minimum absolute atomic E-state index is 0.213. The molecule has 8 nitrogen and oxygen atoms in total. The van der Waals surface area contributed by atoms with Crippen LogP contribution in [0.25, 0.3) is 10.9 Å². The smallest absolute Gasteiger partial charge is 0.335 e. The van der Waals surface area contributed by atoms with Gasteiger partial charge < -0.3 is 14.6 Å². The van der Waals surface area contributed by atoms with Crippen LogP contribution < -0.4 is 15.0 Å². The Morgan fingerprint density at radius 1 is 1.08 bits per heavy atom. The van der Waals surface area contributed by atoms with Gasteiger partial charge in [-0.15, -0.1) is 0 Å². The number of carboxylic acids is 1.